The van der Waals surface area contributed by atoms with Crippen molar-refractivity contribution in [3.05, 3.63) is 112 Å². The summed E-state index contributed by atoms with van der Waals surface area (Å²) in [4.78, 5) is 23.1. The molecule has 3 aromatic carbocycles. The SMILES string of the molecule is O=C(NC(Cc1ccccc1)c1ccccc1)c1cccc([N+](=O)[O-])c1. The summed E-state index contributed by atoms with van der Waals surface area (Å²) in [7, 11) is 0. The second kappa shape index (κ2) is 8.07. The molecule has 1 N–H and O–H groups in total. The highest BCUT2D eigenvalue weighted by Gasteiger charge is 2.18. The van der Waals surface area contributed by atoms with E-state index in [9.17, 15) is 14.9 Å². The number of carbonyl (C=O) groups excluding carboxylic acids is 1. The Morgan fingerprint density at radius 2 is 1.58 bits per heavy atom. The third-order valence-corrected chi connectivity index (χ3v) is 4.11. The van der Waals surface area contributed by atoms with Crippen molar-refractivity contribution in [1.29, 1.82) is 0 Å². The van der Waals surface area contributed by atoms with E-state index in [1.54, 1.807) is 6.07 Å². The molecule has 1 amide bonds. The van der Waals surface area contributed by atoms with Crippen molar-refractivity contribution in [3.63, 3.8) is 0 Å². The smallest absolute Gasteiger partial charge is 0.270 e. The predicted molar refractivity (Wildman–Crippen MR) is 99.9 cm³/mol. The van der Waals surface area contributed by atoms with Crippen LogP contribution in [0.5, 0.6) is 0 Å². The Bertz CT molecular complexity index is 895. The molecule has 0 spiro atoms. The first-order valence-corrected chi connectivity index (χ1v) is 8.27. The molecule has 5 nitrogen and oxygen atoms in total. The van der Waals surface area contributed by atoms with E-state index in [1.165, 1.54) is 18.2 Å². The standard InChI is InChI=1S/C21H18N2O3/c24-21(18-12-7-13-19(15-18)23(25)26)22-20(17-10-5-2-6-11-17)14-16-8-3-1-4-9-16/h1-13,15,20H,14H2,(H,22,24). The molecule has 0 radical (unpaired) electrons. The van der Waals surface area contributed by atoms with Gasteiger partial charge in [0.25, 0.3) is 11.6 Å². The number of nitro groups is 1. The molecule has 130 valence electrons. The van der Waals surface area contributed by atoms with Gasteiger partial charge in [0.05, 0.1) is 11.0 Å². The maximum atomic E-state index is 12.7. The second-order valence-corrected chi connectivity index (χ2v) is 5.93. The summed E-state index contributed by atoms with van der Waals surface area (Å²) in [5.41, 5.74) is 2.25. The normalized spacial score (nSPS) is 11.5. The van der Waals surface area contributed by atoms with Gasteiger partial charge in [0, 0.05) is 17.7 Å². The first-order chi connectivity index (χ1) is 12.6. The fraction of sp³-hybridized carbons (Fsp3) is 0.0952. The molecule has 0 saturated heterocycles. The van der Waals surface area contributed by atoms with Crippen molar-refractivity contribution in [2.45, 2.75) is 12.5 Å². The summed E-state index contributed by atoms with van der Waals surface area (Å²) in [6.45, 7) is 0. The van der Waals surface area contributed by atoms with Crippen LogP contribution in [0.25, 0.3) is 0 Å². The Morgan fingerprint density at radius 3 is 2.23 bits per heavy atom. The maximum absolute atomic E-state index is 12.7. The molecule has 3 aromatic rings. The Morgan fingerprint density at radius 1 is 0.923 bits per heavy atom. The van der Waals surface area contributed by atoms with Crippen molar-refractivity contribution in [3.8, 4) is 0 Å². The molecular formula is C21H18N2O3. The molecular weight excluding hydrogens is 328 g/mol. The van der Waals surface area contributed by atoms with Gasteiger partial charge in [-0.25, -0.2) is 0 Å². The monoisotopic (exact) mass is 346 g/mol. The lowest BCUT2D eigenvalue weighted by atomic mass is 9.98. The number of non-ortho nitro benzene ring substituents is 1. The molecule has 26 heavy (non-hydrogen) atoms. The quantitative estimate of drug-likeness (QED) is 0.534. The number of carbonyl (C=O) groups is 1. The van der Waals surface area contributed by atoms with Crippen LogP contribution < -0.4 is 5.32 Å². The van der Waals surface area contributed by atoms with Crippen LogP contribution in [-0.4, -0.2) is 10.8 Å². The topological polar surface area (TPSA) is 72.2 Å². The first kappa shape index (κ1) is 17.4. The highest BCUT2D eigenvalue weighted by molar-refractivity contribution is 5.95. The van der Waals surface area contributed by atoms with Gasteiger partial charge >= 0.3 is 0 Å². The van der Waals surface area contributed by atoms with Crippen LogP contribution in [0.15, 0.2) is 84.9 Å². The van der Waals surface area contributed by atoms with E-state index in [4.69, 9.17) is 0 Å². The Kier molecular flexibility index (Phi) is 5.39. The molecule has 0 heterocycles. The average Bonchev–Trinajstić information content (AvgIpc) is 2.69. The zero-order valence-corrected chi connectivity index (χ0v) is 14.0. The summed E-state index contributed by atoms with van der Waals surface area (Å²) in [6.07, 6.45) is 0.630. The van der Waals surface area contributed by atoms with Crippen molar-refractivity contribution < 1.29 is 9.72 Å². The van der Waals surface area contributed by atoms with Gasteiger partial charge in [-0.1, -0.05) is 66.7 Å². The lowest BCUT2D eigenvalue weighted by Gasteiger charge is -2.19. The third kappa shape index (κ3) is 4.33. The molecule has 0 aliphatic carbocycles. The summed E-state index contributed by atoms with van der Waals surface area (Å²) in [6, 6.07) is 25.1. The fourth-order valence-electron chi connectivity index (χ4n) is 2.79. The van der Waals surface area contributed by atoms with Crippen LogP contribution in [0, 0.1) is 10.1 Å². The molecule has 0 fully saturated rings. The van der Waals surface area contributed by atoms with E-state index in [1.807, 2.05) is 60.7 Å². The van der Waals surface area contributed by atoms with Gasteiger partial charge in [0.15, 0.2) is 0 Å². The maximum Gasteiger partial charge on any atom is 0.270 e. The minimum Gasteiger partial charge on any atom is -0.345 e. The molecule has 1 atom stereocenters. The average molecular weight is 346 g/mol. The first-order valence-electron chi connectivity index (χ1n) is 8.27. The van der Waals surface area contributed by atoms with Crippen molar-refractivity contribution in [2.75, 3.05) is 0 Å². The van der Waals surface area contributed by atoms with Gasteiger partial charge in [-0.2, -0.15) is 0 Å². The fourth-order valence-corrected chi connectivity index (χ4v) is 2.79. The second-order valence-electron chi connectivity index (χ2n) is 5.93. The van der Waals surface area contributed by atoms with Gasteiger partial charge in [-0.3, -0.25) is 14.9 Å². The lowest BCUT2D eigenvalue weighted by Crippen LogP contribution is -2.30. The molecule has 0 aliphatic heterocycles. The molecule has 0 bridgehead atoms. The van der Waals surface area contributed by atoms with Crippen LogP contribution in [0.2, 0.25) is 0 Å². The molecule has 0 aliphatic rings. The lowest BCUT2D eigenvalue weighted by molar-refractivity contribution is -0.384. The van der Waals surface area contributed by atoms with Gasteiger partial charge in [-0.15, -0.1) is 0 Å². The number of amides is 1. The molecule has 3 rings (SSSR count). The highest BCUT2D eigenvalue weighted by atomic mass is 16.6. The summed E-state index contributed by atoms with van der Waals surface area (Å²) >= 11 is 0. The highest BCUT2D eigenvalue weighted by Crippen LogP contribution is 2.20. The van der Waals surface area contributed by atoms with E-state index < -0.39 is 4.92 Å². The molecule has 0 saturated carbocycles. The number of nitrogens with one attached hydrogen (secondary N) is 1. The summed E-state index contributed by atoms with van der Waals surface area (Å²) in [5, 5.41) is 13.9. The Labute approximate surface area is 151 Å². The molecule has 0 aromatic heterocycles. The molecule has 1 unspecified atom stereocenters. The van der Waals surface area contributed by atoms with Gasteiger partial charge in [0.1, 0.15) is 0 Å². The van der Waals surface area contributed by atoms with E-state index in [2.05, 4.69) is 5.32 Å². The van der Waals surface area contributed by atoms with Gasteiger partial charge in [0.2, 0.25) is 0 Å². The zero-order chi connectivity index (χ0) is 18.4. The number of hydrogen-bond donors (Lipinski definition) is 1. The van der Waals surface area contributed by atoms with Crippen molar-refractivity contribution >= 4 is 11.6 Å². The van der Waals surface area contributed by atoms with Crippen LogP contribution in [-0.2, 0) is 6.42 Å². The zero-order valence-electron chi connectivity index (χ0n) is 14.0. The van der Waals surface area contributed by atoms with E-state index >= 15 is 0 Å². The van der Waals surface area contributed by atoms with Crippen LogP contribution in [0.1, 0.15) is 27.5 Å². The number of nitrogens with zero attached hydrogens (tertiary/aromatic N) is 1. The minimum absolute atomic E-state index is 0.100. The van der Waals surface area contributed by atoms with Gasteiger partial charge < -0.3 is 5.32 Å². The van der Waals surface area contributed by atoms with Crippen LogP contribution in [0.3, 0.4) is 0 Å². The van der Waals surface area contributed by atoms with Crippen molar-refractivity contribution in [1.82, 2.24) is 5.32 Å². The van der Waals surface area contributed by atoms with Crippen molar-refractivity contribution in [2.24, 2.45) is 0 Å². The predicted octanol–water partition coefficient (Wildman–Crippen LogP) is 4.31. The van der Waals surface area contributed by atoms with E-state index in [-0.39, 0.29) is 23.2 Å². The number of rotatable bonds is 6. The van der Waals surface area contributed by atoms with Crippen LogP contribution >= 0.6 is 0 Å². The Hall–Kier alpha value is -3.47. The van der Waals surface area contributed by atoms with E-state index in [0.29, 0.717) is 6.42 Å². The summed E-state index contributed by atoms with van der Waals surface area (Å²) in [5.74, 6) is -0.335. The third-order valence-electron chi connectivity index (χ3n) is 4.11. The summed E-state index contributed by atoms with van der Waals surface area (Å²) < 4.78 is 0. The number of benzene rings is 3. The largest absolute Gasteiger partial charge is 0.345 e. The minimum atomic E-state index is -0.505. The number of hydrogen-bond acceptors (Lipinski definition) is 3. The van der Waals surface area contributed by atoms with Crippen LogP contribution in [0.4, 0.5) is 5.69 Å². The molecule has 5 heteroatoms. The Balaban J connectivity index is 1.84. The number of nitro benzene ring substituents is 1. The van der Waals surface area contributed by atoms with Gasteiger partial charge in [-0.05, 0) is 23.6 Å². The van der Waals surface area contributed by atoms with E-state index in [0.717, 1.165) is 11.1 Å².